The second-order valence-corrected chi connectivity index (χ2v) is 7.79. The highest BCUT2D eigenvalue weighted by Gasteiger charge is 2.22. The van der Waals surface area contributed by atoms with Gasteiger partial charge in [-0.05, 0) is 23.9 Å². The number of nitrogens with one attached hydrogen (secondary N) is 1. The monoisotopic (exact) mass is 346 g/mol. The number of halogens is 1. The molecule has 0 atom stereocenters. The van der Waals surface area contributed by atoms with E-state index in [9.17, 15) is 8.42 Å². The third-order valence-electron chi connectivity index (χ3n) is 2.91. The van der Waals surface area contributed by atoms with Crippen LogP contribution in [0.5, 0.6) is 0 Å². The number of nitrogen functional groups attached to an aromatic ring is 1. The molecule has 0 spiro atoms. The van der Waals surface area contributed by atoms with Gasteiger partial charge in [0.15, 0.2) is 5.82 Å². The van der Waals surface area contributed by atoms with E-state index >= 15 is 0 Å². The van der Waals surface area contributed by atoms with Gasteiger partial charge in [-0.15, -0.1) is 11.3 Å². The lowest BCUT2D eigenvalue weighted by Gasteiger charge is -2.17. The Balaban J connectivity index is 2.14. The second-order valence-electron chi connectivity index (χ2n) is 4.30. The molecule has 0 aromatic carbocycles. The number of thiophene rings is 1. The van der Waals surface area contributed by atoms with Gasteiger partial charge in [0, 0.05) is 24.7 Å². The number of aromatic nitrogens is 1. The van der Waals surface area contributed by atoms with E-state index in [0.717, 1.165) is 4.88 Å². The van der Waals surface area contributed by atoms with Gasteiger partial charge < -0.3 is 5.43 Å². The Hall–Kier alpha value is -1.19. The largest absolute Gasteiger partial charge is 0.307 e. The van der Waals surface area contributed by atoms with Gasteiger partial charge in [0.1, 0.15) is 4.90 Å². The van der Waals surface area contributed by atoms with Crippen molar-refractivity contribution in [3.63, 3.8) is 0 Å². The quantitative estimate of drug-likeness (QED) is 0.616. The minimum Gasteiger partial charge on any atom is -0.307 e. The maximum absolute atomic E-state index is 12.4. The van der Waals surface area contributed by atoms with Crippen molar-refractivity contribution < 1.29 is 8.42 Å². The Morgan fingerprint density at radius 1 is 1.52 bits per heavy atom. The van der Waals surface area contributed by atoms with Crippen LogP contribution in [0, 0.1) is 0 Å². The predicted molar refractivity (Wildman–Crippen MR) is 84.9 cm³/mol. The fraction of sp³-hybridized carbons (Fsp3) is 0.250. The van der Waals surface area contributed by atoms with Crippen LogP contribution in [0.4, 0.5) is 5.82 Å². The Bertz CT molecular complexity index is 704. The molecule has 0 saturated heterocycles. The summed E-state index contributed by atoms with van der Waals surface area (Å²) in [6, 6.07) is 5.25. The molecule has 0 aliphatic heterocycles. The summed E-state index contributed by atoms with van der Waals surface area (Å²) in [4.78, 5) is 5.06. The molecule has 3 N–H and O–H groups in total. The van der Waals surface area contributed by atoms with Gasteiger partial charge in [-0.1, -0.05) is 17.7 Å². The molecular weight excluding hydrogens is 332 g/mol. The first kappa shape index (κ1) is 16.2. The van der Waals surface area contributed by atoms with Crippen LogP contribution in [0.15, 0.2) is 34.7 Å². The summed E-state index contributed by atoms with van der Waals surface area (Å²) in [5.74, 6) is 5.45. The zero-order valence-corrected chi connectivity index (χ0v) is 13.7. The summed E-state index contributed by atoms with van der Waals surface area (Å²) < 4.78 is 26.1. The number of rotatable bonds is 6. The highest BCUT2D eigenvalue weighted by atomic mass is 35.5. The van der Waals surface area contributed by atoms with Crippen molar-refractivity contribution in [3.8, 4) is 0 Å². The average Bonchev–Trinajstić information content (AvgIpc) is 2.97. The maximum Gasteiger partial charge on any atom is 0.244 e. The number of likely N-dealkylation sites (N-methyl/N-ethyl adjacent to an activating group) is 1. The number of pyridine rings is 1. The lowest BCUT2D eigenvalue weighted by atomic mass is 10.3. The fourth-order valence-electron chi connectivity index (χ4n) is 1.69. The summed E-state index contributed by atoms with van der Waals surface area (Å²) in [5, 5.41) is 2.12. The molecule has 0 bridgehead atoms. The van der Waals surface area contributed by atoms with Crippen LogP contribution in [0.3, 0.4) is 0 Å². The third-order valence-corrected chi connectivity index (χ3v) is 5.96. The number of nitrogens with zero attached hydrogens (tertiary/aromatic N) is 2. The standard InChI is InChI=1S/C12H15ClN4O2S2/c1-17(5-4-9-3-2-6-20-9)21(18,19)10-7-11(13)12(16-14)15-8-10/h2-3,6-8H,4-5,14H2,1H3,(H,15,16). The number of hydrogen-bond acceptors (Lipinski definition) is 6. The van der Waals surface area contributed by atoms with E-state index < -0.39 is 10.0 Å². The fourth-order valence-corrected chi connectivity index (χ4v) is 3.82. The van der Waals surface area contributed by atoms with E-state index in [1.165, 1.54) is 23.6 Å². The van der Waals surface area contributed by atoms with Crippen molar-refractivity contribution in [2.45, 2.75) is 11.3 Å². The van der Waals surface area contributed by atoms with Crippen LogP contribution in [0.2, 0.25) is 5.02 Å². The lowest BCUT2D eigenvalue weighted by Crippen LogP contribution is -2.29. The van der Waals surface area contributed by atoms with Crippen molar-refractivity contribution in [3.05, 3.63) is 39.7 Å². The van der Waals surface area contributed by atoms with Crippen LogP contribution < -0.4 is 11.3 Å². The Morgan fingerprint density at radius 3 is 2.86 bits per heavy atom. The molecule has 0 radical (unpaired) electrons. The molecular formula is C12H15ClN4O2S2. The SMILES string of the molecule is CN(CCc1cccs1)S(=O)(=O)c1cnc(NN)c(Cl)c1. The number of hydrogen-bond donors (Lipinski definition) is 2. The van der Waals surface area contributed by atoms with Gasteiger partial charge in [-0.2, -0.15) is 0 Å². The first-order valence-electron chi connectivity index (χ1n) is 6.06. The van der Waals surface area contributed by atoms with Crippen LogP contribution in [0.1, 0.15) is 4.88 Å². The van der Waals surface area contributed by atoms with Crippen molar-refractivity contribution in [2.24, 2.45) is 5.84 Å². The number of sulfonamides is 1. The van der Waals surface area contributed by atoms with Gasteiger partial charge in [-0.25, -0.2) is 23.5 Å². The Kier molecular flexibility index (Phi) is 5.17. The summed E-state index contributed by atoms with van der Waals surface area (Å²) >= 11 is 7.51. The Labute approximate surface area is 132 Å². The van der Waals surface area contributed by atoms with Gasteiger partial charge in [0.05, 0.1) is 5.02 Å². The molecule has 2 heterocycles. The van der Waals surface area contributed by atoms with E-state index in [0.29, 0.717) is 13.0 Å². The zero-order valence-electron chi connectivity index (χ0n) is 11.3. The molecule has 2 rings (SSSR count). The van der Waals surface area contributed by atoms with Crippen molar-refractivity contribution in [1.82, 2.24) is 9.29 Å². The molecule has 114 valence electrons. The zero-order chi connectivity index (χ0) is 15.5. The molecule has 9 heteroatoms. The molecule has 2 aromatic heterocycles. The van der Waals surface area contributed by atoms with Gasteiger partial charge in [0.2, 0.25) is 10.0 Å². The summed E-state index contributed by atoms with van der Waals surface area (Å²) in [5.41, 5.74) is 2.30. The van der Waals surface area contributed by atoms with Crippen molar-refractivity contribution >= 4 is 38.8 Å². The summed E-state index contributed by atoms with van der Waals surface area (Å²) in [6.07, 6.45) is 1.90. The van der Waals surface area contributed by atoms with E-state index in [-0.39, 0.29) is 15.7 Å². The molecule has 21 heavy (non-hydrogen) atoms. The van der Waals surface area contributed by atoms with Crippen LogP contribution in [-0.2, 0) is 16.4 Å². The van der Waals surface area contributed by atoms with Crippen LogP contribution in [-0.4, -0.2) is 31.3 Å². The lowest BCUT2D eigenvalue weighted by molar-refractivity contribution is 0.473. The molecule has 2 aromatic rings. The first-order chi connectivity index (χ1) is 9.95. The topological polar surface area (TPSA) is 88.3 Å². The van der Waals surface area contributed by atoms with E-state index in [1.54, 1.807) is 11.3 Å². The van der Waals surface area contributed by atoms with E-state index in [2.05, 4.69) is 10.4 Å². The normalized spacial score (nSPS) is 11.8. The molecule has 0 aliphatic carbocycles. The first-order valence-corrected chi connectivity index (χ1v) is 8.76. The van der Waals surface area contributed by atoms with Crippen molar-refractivity contribution in [2.75, 3.05) is 19.0 Å². The number of hydrazine groups is 1. The van der Waals surface area contributed by atoms with Gasteiger partial charge in [0.25, 0.3) is 0 Å². The number of nitrogens with two attached hydrogens (primary N) is 1. The van der Waals surface area contributed by atoms with E-state index in [1.807, 2.05) is 17.5 Å². The molecule has 0 aliphatic rings. The summed E-state index contributed by atoms with van der Waals surface area (Å²) in [6.45, 7) is 0.386. The van der Waals surface area contributed by atoms with Gasteiger partial charge >= 0.3 is 0 Å². The minimum absolute atomic E-state index is 0.0418. The smallest absolute Gasteiger partial charge is 0.244 e. The van der Waals surface area contributed by atoms with Gasteiger partial charge in [-0.3, -0.25) is 0 Å². The summed E-state index contributed by atoms with van der Waals surface area (Å²) in [7, 11) is -2.08. The molecule has 0 unspecified atom stereocenters. The predicted octanol–water partition coefficient (Wildman–Crippen LogP) is 1.95. The molecule has 0 amide bonds. The van der Waals surface area contributed by atoms with Crippen LogP contribution in [0.25, 0.3) is 0 Å². The third kappa shape index (κ3) is 3.72. The second kappa shape index (κ2) is 6.71. The molecule has 6 nitrogen and oxygen atoms in total. The highest BCUT2D eigenvalue weighted by Crippen LogP contribution is 2.23. The molecule has 0 fully saturated rings. The Morgan fingerprint density at radius 2 is 2.29 bits per heavy atom. The number of anilines is 1. The average molecular weight is 347 g/mol. The molecule has 0 saturated carbocycles. The van der Waals surface area contributed by atoms with Crippen molar-refractivity contribution in [1.29, 1.82) is 0 Å². The van der Waals surface area contributed by atoms with E-state index in [4.69, 9.17) is 17.4 Å². The highest BCUT2D eigenvalue weighted by molar-refractivity contribution is 7.89. The maximum atomic E-state index is 12.4. The minimum atomic E-state index is -3.62. The van der Waals surface area contributed by atoms with Crippen LogP contribution >= 0.6 is 22.9 Å².